The molecule has 1 fully saturated rings. The number of carbonyl (C=O) groups excluding carboxylic acids is 1. The molecule has 0 unspecified atom stereocenters. The van der Waals surface area contributed by atoms with Gasteiger partial charge in [-0.1, -0.05) is 6.07 Å². The average molecular weight is 298 g/mol. The van der Waals surface area contributed by atoms with E-state index in [1.165, 1.54) is 0 Å². The van der Waals surface area contributed by atoms with Gasteiger partial charge in [0, 0.05) is 4.47 Å². The molecule has 4 nitrogen and oxygen atoms in total. The molecule has 0 bridgehead atoms. The molecule has 0 saturated heterocycles. The van der Waals surface area contributed by atoms with Gasteiger partial charge in [-0.25, -0.2) is 0 Å². The third kappa shape index (κ3) is 2.20. The molecular formula is C12H12BrNO3. The van der Waals surface area contributed by atoms with E-state index in [0.717, 1.165) is 10.0 Å². The maximum Gasteiger partial charge on any atom is 0.319 e. The monoisotopic (exact) mass is 297 g/mol. The van der Waals surface area contributed by atoms with E-state index in [9.17, 15) is 9.59 Å². The topological polar surface area (TPSA) is 66.4 Å². The minimum absolute atomic E-state index is 0.414. The van der Waals surface area contributed by atoms with E-state index < -0.39 is 17.3 Å². The zero-order valence-electron chi connectivity index (χ0n) is 9.29. The Balaban J connectivity index is 2.17. The molecule has 1 aliphatic carbocycles. The third-order valence-corrected chi connectivity index (χ3v) is 3.62. The number of nitrogens with one attached hydrogen (secondary N) is 1. The number of aliphatic carboxylic acids is 1. The SMILES string of the molecule is Cc1ccc(NC(=O)C2(C(=O)O)CC2)c(Br)c1. The van der Waals surface area contributed by atoms with Crippen molar-refractivity contribution in [3.05, 3.63) is 28.2 Å². The fourth-order valence-corrected chi connectivity index (χ4v) is 2.22. The minimum atomic E-state index is -1.20. The number of benzene rings is 1. The van der Waals surface area contributed by atoms with Gasteiger partial charge in [0.25, 0.3) is 0 Å². The van der Waals surface area contributed by atoms with Crippen molar-refractivity contribution in [3.63, 3.8) is 0 Å². The van der Waals surface area contributed by atoms with E-state index in [2.05, 4.69) is 21.2 Å². The first kappa shape index (κ1) is 12.1. The van der Waals surface area contributed by atoms with Gasteiger partial charge in [-0.15, -0.1) is 0 Å². The summed E-state index contributed by atoms with van der Waals surface area (Å²) in [6.07, 6.45) is 0.829. The number of amides is 1. The molecule has 17 heavy (non-hydrogen) atoms. The Morgan fingerprint density at radius 3 is 2.53 bits per heavy atom. The smallest absolute Gasteiger partial charge is 0.319 e. The lowest BCUT2D eigenvalue weighted by Gasteiger charge is -2.12. The van der Waals surface area contributed by atoms with Gasteiger partial charge in [0.1, 0.15) is 5.41 Å². The van der Waals surface area contributed by atoms with Crippen LogP contribution >= 0.6 is 15.9 Å². The van der Waals surface area contributed by atoms with Crippen molar-refractivity contribution in [2.75, 3.05) is 5.32 Å². The van der Waals surface area contributed by atoms with Crippen molar-refractivity contribution in [2.24, 2.45) is 5.41 Å². The highest BCUT2D eigenvalue weighted by molar-refractivity contribution is 9.10. The van der Waals surface area contributed by atoms with E-state index in [-0.39, 0.29) is 0 Å². The summed E-state index contributed by atoms with van der Waals surface area (Å²) in [6, 6.07) is 5.49. The van der Waals surface area contributed by atoms with Crippen LogP contribution in [0.3, 0.4) is 0 Å². The predicted octanol–water partition coefficient (Wildman–Crippen LogP) is 2.56. The zero-order chi connectivity index (χ0) is 12.6. The Hall–Kier alpha value is -1.36. The molecule has 1 saturated carbocycles. The quantitative estimate of drug-likeness (QED) is 0.843. The van der Waals surface area contributed by atoms with Crippen LogP contribution in [0.25, 0.3) is 0 Å². The molecule has 2 rings (SSSR count). The maximum absolute atomic E-state index is 11.9. The summed E-state index contributed by atoms with van der Waals surface area (Å²) in [5.74, 6) is -1.48. The summed E-state index contributed by atoms with van der Waals surface area (Å²) in [6.45, 7) is 1.94. The van der Waals surface area contributed by atoms with Crippen LogP contribution < -0.4 is 5.32 Å². The van der Waals surface area contributed by atoms with Crippen LogP contribution in [0.4, 0.5) is 5.69 Å². The van der Waals surface area contributed by atoms with Crippen molar-refractivity contribution in [3.8, 4) is 0 Å². The summed E-state index contributed by atoms with van der Waals surface area (Å²) < 4.78 is 0.757. The van der Waals surface area contributed by atoms with Crippen LogP contribution in [0, 0.1) is 12.3 Å². The summed E-state index contributed by atoms with van der Waals surface area (Å²) in [7, 11) is 0. The summed E-state index contributed by atoms with van der Waals surface area (Å²) in [5.41, 5.74) is 0.465. The van der Waals surface area contributed by atoms with Gasteiger partial charge in [-0.2, -0.15) is 0 Å². The maximum atomic E-state index is 11.9. The van der Waals surface area contributed by atoms with E-state index in [1.807, 2.05) is 19.1 Å². The molecule has 5 heteroatoms. The van der Waals surface area contributed by atoms with Crippen LogP contribution in [0.2, 0.25) is 0 Å². The largest absolute Gasteiger partial charge is 0.480 e. The summed E-state index contributed by atoms with van der Waals surface area (Å²) in [5, 5.41) is 11.6. The van der Waals surface area contributed by atoms with E-state index in [1.54, 1.807) is 6.07 Å². The van der Waals surface area contributed by atoms with Gasteiger partial charge in [0.15, 0.2) is 0 Å². The fraction of sp³-hybridized carbons (Fsp3) is 0.333. The summed E-state index contributed by atoms with van der Waals surface area (Å²) in [4.78, 5) is 22.8. The molecule has 90 valence electrons. The van der Waals surface area contributed by atoms with Gasteiger partial charge in [-0.3, -0.25) is 9.59 Å². The highest BCUT2D eigenvalue weighted by Crippen LogP contribution is 2.47. The van der Waals surface area contributed by atoms with E-state index in [0.29, 0.717) is 18.5 Å². The molecular weight excluding hydrogens is 286 g/mol. The lowest BCUT2D eigenvalue weighted by atomic mass is 10.1. The molecule has 0 aliphatic heterocycles. The molecule has 0 spiro atoms. The highest BCUT2D eigenvalue weighted by atomic mass is 79.9. The first-order valence-corrected chi connectivity index (χ1v) is 6.06. The normalized spacial score (nSPS) is 16.4. The number of aryl methyl sites for hydroxylation is 1. The van der Waals surface area contributed by atoms with Gasteiger partial charge in [0.05, 0.1) is 5.69 Å². The van der Waals surface area contributed by atoms with Crippen molar-refractivity contribution in [1.82, 2.24) is 0 Å². The Morgan fingerprint density at radius 1 is 1.41 bits per heavy atom. The molecule has 2 N–H and O–H groups in total. The number of carboxylic acid groups (broad SMARTS) is 1. The Bertz CT molecular complexity index is 495. The van der Waals surface area contributed by atoms with Crippen molar-refractivity contribution < 1.29 is 14.7 Å². The number of anilines is 1. The standard InChI is InChI=1S/C12H12BrNO3/c1-7-2-3-9(8(13)6-7)14-10(15)12(4-5-12)11(16)17/h2-3,6H,4-5H2,1H3,(H,14,15)(H,16,17). The molecule has 0 aromatic heterocycles. The Labute approximate surface area is 107 Å². The molecule has 0 heterocycles. The Morgan fingerprint density at radius 2 is 2.06 bits per heavy atom. The first-order chi connectivity index (χ1) is 7.95. The lowest BCUT2D eigenvalue weighted by molar-refractivity contribution is -0.147. The van der Waals surface area contributed by atoms with E-state index >= 15 is 0 Å². The molecule has 1 aromatic rings. The van der Waals surface area contributed by atoms with Crippen LogP contribution in [0.1, 0.15) is 18.4 Å². The second kappa shape index (κ2) is 4.14. The van der Waals surface area contributed by atoms with Gasteiger partial charge in [0.2, 0.25) is 5.91 Å². The number of carboxylic acids is 1. The highest BCUT2D eigenvalue weighted by Gasteiger charge is 2.57. The first-order valence-electron chi connectivity index (χ1n) is 5.27. The van der Waals surface area contributed by atoms with Crippen molar-refractivity contribution >= 4 is 33.5 Å². The lowest BCUT2D eigenvalue weighted by Crippen LogP contribution is -2.31. The number of hydrogen-bond acceptors (Lipinski definition) is 2. The Kier molecular flexibility index (Phi) is 2.95. The van der Waals surface area contributed by atoms with E-state index in [4.69, 9.17) is 5.11 Å². The van der Waals surface area contributed by atoms with Gasteiger partial charge >= 0.3 is 5.97 Å². The fourth-order valence-electron chi connectivity index (χ4n) is 1.63. The molecule has 0 radical (unpaired) electrons. The summed E-state index contributed by atoms with van der Waals surface area (Å²) >= 11 is 3.34. The van der Waals surface area contributed by atoms with Crippen LogP contribution in [-0.2, 0) is 9.59 Å². The minimum Gasteiger partial charge on any atom is -0.480 e. The second-order valence-corrected chi connectivity index (χ2v) is 5.18. The second-order valence-electron chi connectivity index (χ2n) is 4.32. The van der Waals surface area contributed by atoms with Crippen LogP contribution in [0.5, 0.6) is 0 Å². The average Bonchev–Trinajstić information content (AvgIpc) is 3.02. The zero-order valence-corrected chi connectivity index (χ0v) is 10.9. The van der Waals surface area contributed by atoms with Gasteiger partial charge < -0.3 is 10.4 Å². The third-order valence-electron chi connectivity index (χ3n) is 2.97. The van der Waals surface area contributed by atoms with Crippen molar-refractivity contribution in [1.29, 1.82) is 0 Å². The number of halogens is 1. The number of rotatable bonds is 3. The molecule has 1 aliphatic rings. The molecule has 1 aromatic carbocycles. The van der Waals surface area contributed by atoms with Crippen molar-refractivity contribution in [2.45, 2.75) is 19.8 Å². The predicted molar refractivity (Wildman–Crippen MR) is 66.8 cm³/mol. The number of carbonyl (C=O) groups is 2. The number of hydrogen-bond donors (Lipinski definition) is 2. The van der Waals surface area contributed by atoms with Crippen LogP contribution in [-0.4, -0.2) is 17.0 Å². The molecule has 0 atom stereocenters. The van der Waals surface area contributed by atoms with Gasteiger partial charge in [-0.05, 0) is 53.4 Å². The molecule has 1 amide bonds. The van der Waals surface area contributed by atoms with Crippen LogP contribution in [0.15, 0.2) is 22.7 Å².